The van der Waals surface area contributed by atoms with Gasteiger partial charge in [0.2, 0.25) is 11.9 Å². The topological polar surface area (TPSA) is 70.9 Å². The summed E-state index contributed by atoms with van der Waals surface area (Å²) in [4.78, 5) is 34.6. The van der Waals surface area contributed by atoms with E-state index in [0.717, 1.165) is 24.2 Å². The second kappa shape index (κ2) is 8.68. The Morgan fingerprint density at radius 3 is 2.61 bits per heavy atom. The number of carbonyl (C=O) groups excluding carboxylic acids is 1. The molecule has 3 aliphatic heterocycles. The third-order valence-electron chi connectivity index (χ3n) is 6.29. The van der Waals surface area contributed by atoms with Gasteiger partial charge in [0.1, 0.15) is 18.4 Å². The summed E-state index contributed by atoms with van der Waals surface area (Å²) in [5.74, 6) is -0.118. The molecule has 0 aromatic carbocycles. The number of hydrogen-bond donors (Lipinski definition) is 0. The van der Waals surface area contributed by atoms with E-state index in [1.54, 1.807) is 4.90 Å². The van der Waals surface area contributed by atoms with Crippen molar-refractivity contribution in [3.63, 3.8) is 0 Å². The predicted octanol–water partition coefficient (Wildman–Crippen LogP) is 1.62. The van der Waals surface area contributed by atoms with Crippen LogP contribution in [0.1, 0.15) is 32.6 Å². The number of anilines is 2. The zero-order chi connectivity index (χ0) is 22.2. The molecule has 1 aromatic rings. The van der Waals surface area contributed by atoms with Crippen molar-refractivity contribution in [3.05, 3.63) is 16.4 Å². The fourth-order valence-corrected chi connectivity index (χ4v) is 4.58. The second-order valence-electron chi connectivity index (χ2n) is 8.44. The van der Waals surface area contributed by atoms with Crippen LogP contribution < -0.4 is 15.4 Å². The van der Waals surface area contributed by atoms with Crippen LogP contribution in [0.3, 0.4) is 0 Å². The van der Waals surface area contributed by atoms with Gasteiger partial charge in [0.25, 0.3) is 5.56 Å². The number of aromatic nitrogens is 2. The lowest BCUT2D eigenvalue weighted by atomic mass is 10.1. The van der Waals surface area contributed by atoms with Crippen molar-refractivity contribution < 1.29 is 22.7 Å². The minimum absolute atomic E-state index is 0.0610. The van der Waals surface area contributed by atoms with Crippen LogP contribution in [0.4, 0.5) is 24.9 Å². The summed E-state index contributed by atoms with van der Waals surface area (Å²) in [6.07, 6.45) is -2.12. The summed E-state index contributed by atoms with van der Waals surface area (Å²) in [6, 6.07) is -0.552. The number of ether oxygens (including phenoxy) is 1. The average molecular weight is 443 g/mol. The monoisotopic (exact) mass is 443 g/mol. The maximum absolute atomic E-state index is 13.9. The van der Waals surface area contributed by atoms with E-state index in [4.69, 9.17) is 4.74 Å². The molecule has 0 bridgehead atoms. The summed E-state index contributed by atoms with van der Waals surface area (Å²) in [6.45, 7) is 3.87. The van der Waals surface area contributed by atoms with E-state index in [1.807, 2.05) is 11.8 Å². The van der Waals surface area contributed by atoms with Crippen molar-refractivity contribution in [2.45, 2.75) is 57.4 Å². The second-order valence-corrected chi connectivity index (χ2v) is 8.44. The molecule has 2 unspecified atom stereocenters. The van der Waals surface area contributed by atoms with Gasteiger partial charge in [0.15, 0.2) is 0 Å². The molecule has 2 atom stereocenters. The molecule has 2 saturated heterocycles. The molecule has 1 amide bonds. The number of hydrogen-bond acceptors (Lipinski definition) is 6. The first kappa shape index (κ1) is 21.9. The fraction of sp³-hybridized carbons (Fsp3) is 0.750. The summed E-state index contributed by atoms with van der Waals surface area (Å²) in [7, 11) is 0. The smallest absolute Gasteiger partial charge is 0.377 e. The van der Waals surface area contributed by atoms with Gasteiger partial charge in [-0.15, -0.1) is 0 Å². The van der Waals surface area contributed by atoms with Gasteiger partial charge >= 0.3 is 6.18 Å². The normalized spacial score (nSPS) is 24.8. The van der Waals surface area contributed by atoms with Gasteiger partial charge in [0.05, 0.1) is 19.3 Å². The van der Waals surface area contributed by atoms with Gasteiger partial charge in [-0.2, -0.15) is 18.2 Å². The molecule has 0 saturated carbocycles. The van der Waals surface area contributed by atoms with Gasteiger partial charge in [0, 0.05) is 32.2 Å². The van der Waals surface area contributed by atoms with Gasteiger partial charge in [-0.1, -0.05) is 0 Å². The van der Waals surface area contributed by atoms with E-state index < -0.39 is 24.3 Å². The minimum Gasteiger partial charge on any atom is -0.377 e. The molecule has 0 radical (unpaired) electrons. The van der Waals surface area contributed by atoms with Crippen molar-refractivity contribution in [1.82, 2.24) is 14.5 Å². The number of likely N-dealkylation sites (tertiary alicyclic amines) is 1. The largest absolute Gasteiger partial charge is 0.408 e. The minimum atomic E-state index is -4.53. The lowest BCUT2D eigenvalue weighted by Gasteiger charge is -2.41. The molecule has 0 N–H and O–H groups in total. The summed E-state index contributed by atoms with van der Waals surface area (Å²) < 4.78 is 48.3. The van der Waals surface area contributed by atoms with Crippen molar-refractivity contribution in [2.75, 3.05) is 49.2 Å². The van der Waals surface area contributed by atoms with Crippen LogP contribution in [0.25, 0.3) is 0 Å². The number of alkyl halides is 3. The molecule has 3 aliphatic rings. The van der Waals surface area contributed by atoms with E-state index in [-0.39, 0.29) is 30.9 Å². The Bertz CT molecular complexity index is 869. The highest BCUT2D eigenvalue weighted by molar-refractivity contribution is 5.81. The SMILES string of the molecule is CC1COCCN1c1cc(=O)n2c(n1)N(CC(=O)N1CCCCC1)C(C(F)(F)F)CC2. The zero-order valence-corrected chi connectivity index (χ0v) is 17.6. The lowest BCUT2D eigenvalue weighted by Crippen LogP contribution is -2.56. The van der Waals surface area contributed by atoms with E-state index in [9.17, 15) is 22.8 Å². The molecule has 0 aliphatic carbocycles. The molecule has 4 rings (SSSR count). The molecule has 8 nitrogen and oxygen atoms in total. The average Bonchev–Trinajstić information content (AvgIpc) is 2.74. The Morgan fingerprint density at radius 1 is 1.19 bits per heavy atom. The first-order chi connectivity index (χ1) is 14.8. The summed E-state index contributed by atoms with van der Waals surface area (Å²) in [5, 5.41) is 0. The van der Waals surface area contributed by atoms with Crippen LogP contribution in [0.5, 0.6) is 0 Å². The van der Waals surface area contributed by atoms with Crippen molar-refractivity contribution in [1.29, 1.82) is 0 Å². The Morgan fingerprint density at radius 2 is 1.94 bits per heavy atom. The Balaban J connectivity index is 1.70. The van der Waals surface area contributed by atoms with Crippen molar-refractivity contribution in [3.8, 4) is 0 Å². The maximum Gasteiger partial charge on any atom is 0.408 e. The Kier molecular flexibility index (Phi) is 6.14. The van der Waals surface area contributed by atoms with Crippen LogP contribution in [-0.2, 0) is 16.1 Å². The first-order valence-corrected chi connectivity index (χ1v) is 10.8. The third kappa shape index (κ3) is 4.51. The van der Waals surface area contributed by atoms with Gasteiger partial charge in [-0.3, -0.25) is 14.2 Å². The van der Waals surface area contributed by atoms with Gasteiger partial charge in [-0.25, -0.2) is 0 Å². The van der Waals surface area contributed by atoms with Crippen LogP contribution in [0, 0.1) is 0 Å². The van der Waals surface area contributed by atoms with Crippen LogP contribution >= 0.6 is 0 Å². The highest BCUT2D eigenvalue weighted by Gasteiger charge is 2.47. The zero-order valence-electron chi connectivity index (χ0n) is 17.6. The first-order valence-electron chi connectivity index (χ1n) is 10.8. The maximum atomic E-state index is 13.9. The van der Waals surface area contributed by atoms with E-state index >= 15 is 0 Å². The molecule has 31 heavy (non-hydrogen) atoms. The quantitative estimate of drug-likeness (QED) is 0.707. The highest BCUT2D eigenvalue weighted by Crippen LogP contribution is 2.34. The Hall–Kier alpha value is -2.30. The van der Waals surface area contributed by atoms with E-state index in [1.165, 1.54) is 10.6 Å². The van der Waals surface area contributed by atoms with Crippen LogP contribution in [-0.4, -0.2) is 78.0 Å². The summed E-state index contributed by atoms with van der Waals surface area (Å²) in [5.41, 5.74) is -0.408. The summed E-state index contributed by atoms with van der Waals surface area (Å²) >= 11 is 0. The molecular weight excluding hydrogens is 415 g/mol. The molecule has 1 aromatic heterocycles. The Labute approximate surface area is 178 Å². The van der Waals surface area contributed by atoms with E-state index in [0.29, 0.717) is 38.7 Å². The number of rotatable bonds is 3. The number of amides is 1. The standard InChI is InChI=1S/C20H28F3N5O3/c1-14-13-31-10-9-26(14)16-11-17(29)27-8-5-15(20(21,22)23)28(19(27)24-16)12-18(30)25-6-3-2-4-7-25/h11,14-15H,2-10,12-13H2,1H3. The number of morpholine rings is 1. The van der Waals surface area contributed by atoms with Crippen molar-refractivity contribution in [2.24, 2.45) is 0 Å². The number of nitrogens with zero attached hydrogens (tertiary/aromatic N) is 5. The molecule has 0 spiro atoms. The third-order valence-corrected chi connectivity index (χ3v) is 6.29. The number of carbonyl (C=O) groups is 1. The molecular formula is C20H28F3N5O3. The number of fused-ring (bicyclic) bond motifs is 1. The lowest BCUT2D eigenvalue weighted by molar-refractivity contribution is -0.154. The number of halogens is 3. The highest BCUT2D eigenvalue weighted by atomic mass is 19.4. The predicted molar refractivity (Wildman–Crippen MR) is 108 cm³/mol. The molecule has 4 heterocycles. The molecule has 172 valence electrons. The van der Waals surface area contributed by atoms with Crippen molar-refractivity contribution >= 4 is 17.7 Å². The van der Waals surface area contributed by atoms with Crippen LogP contribution in [0.15, 0.2) is 10.9 Å². The van der Waals surface area contributed by atoms with Crippen LogP contribution in [0.2, 0.25) is 0 Å². The van der Waals surface area contributed by atoms with E-state index in [2.05, 4.69) is 4.98 Å². The van der Waals surface area contributed by atoms with Gasteiger partial charge in [-0.05, 0) is 32.6 Å². The molecule has 2 fully saturated rings. The molecule has 11 heteroatoms. The van der Waals surface area contributed by atoms with Gasteiger partial charge < -0.3 is 19.4 Å². The number of piperidine rings is 1. The fourth-order valence-electron chi connectivity index (χ4n) is 4.58.